The SMILES string of the molecule is CC(N)=NC(=O)C(Cc1ccc(-c2ccc(C(F)(F)F)cc2)cc1)NC(=O)c1cc(-c2ccc(C(F)(F)F)cc2)ccc1O. The molecule has 228 valence electrons. The number of nitrogens with two attached hydrogens (primary N) is 1. The Morgan fingerprint density at radius 2 is 1.18 bits per heavy atom. The summed E-state index contributed by atoms with van der Waals surface area (Å²) in [6.45, 7) is 1.38. The molecule has 0 saturated carbocycles. The molecule has 4 aromatic carbocycles. The minimum absolute atomic E-state index is 0.0476. The lowest BCUT2D eigenvalue weighted by Gasteiger charge is -2.17. The van der Waals surface area contributed by atoms with E-state index < -0.39 is 47.1 Å². The second-order valence-corrected chi connectivity index (χ2v) is 9.90. The summed E-state index contributed by atoms with van der Waals surface area (Å²) in [6.07, 6.45) is -9.03. The number of hydrogen-bond donors (Lipinski definition) is 3. The van der Waals surface area contributed by atoms with Crippen LogP contribution in [0.2, 0.25) is 0 Å². The van der Waals surface area contributed by atoms with Gasteiger partial charge in [-0.25, -0.2) is 0 Å². The molecule has 2 amide bonds. The van der Waals surface area contributed by atoms with Crippen LogP contribution in [-0.4, -0.2) is 28.8 Å². The van der Waals surface area contributed by atoms with Crippen LogP contribution in [0.1, 0.15) is 34.0 Å². The molecule has 0 heterocycles. The Morgan fingerprint density at radius 1 is 0.750 bits per heavy atom. The van der Waals surface area contributed by atoms with Gasteiger partial charge in [0.25, 0.3) is 11.8 Å². The average Bonchev–Trinajstić information content (AvgIpc) is 2.96. The number of nitrogens with zero attached hydrogens (tertiary/aromatic N) is 1. The number of amidine groups is 1. The van der Waals surface area contributed by atoms with Gasteiger partial charge in [0.05, 0.1) is 22.5 Å². The zero-order valence-electron chi connectivity index (χ0n) is 23.0. The molecule has 0 aliphatic rings. The van der Waals surface area contributed by atoms with Crippen molar-refractivity contribution in [2.45, 2.75) is 31.7 Å². The Labute approximate surface area is 247 Å². The Hall–Kier alpha value is -5.13. The molecule has 12 heteroatoms. The van der Waals surface area contributed by atoms with Crippen LogP contribution >= 0.6 is 0 Å². The lowest BCUT2D eigenvalue weighted by Crippen LogP contribution is -2.42. The van der Waals surface area contributed by atoms with Crippen LogP contribution in [-0.2, 0) is 23.6 Å². The van der Waals surface area contributed by atoms with E-state index in [1.165, 1.54) is 49.4 Å². The summed E-state index contributed by atoms with van der Waals surface area (Å²) < 4.78 is 77.5. The summed E-state index contributed by atoms with van der Waals surface area (Å²) in [5.41, 5.74) is 6.16. The number of alkyl halides is 6. The summed E-state index contributed by atoms with van der Waals surface area (Å²) in [6, 6.07) is 18.2. The molecule has 0 bridgehead atoms. The molecule has 0 aliphatic heterocycles. The first-order valence-corrected chi connectivity index (χ1v) is 13.0. The molecule has 0 radical (unpaired) electrons. The number of benzene rings is 4. The van der Waals surface area contributed by atoms with E-state index in [0.717, 1.165) is 24.3 Å². The van der Waals surface area contributed by atoms with Gasteiger partial charge >= 0.3 is 12.4 Å². The van der Waals surface area contributed by atoms with Gasteiger partial charge in [-0.3, -0.25) is 9.59 Å². The van der Waals surface area contributed by atoms with Crippen molar-refractivity contribution < 1.29 is 41.0 Å². The van der Waals surface area contributed by atoms with Crippen LogP contribution in [0.4, 0.5) is 26.3 Å². The lowest BCUT2D eigenvalue weighted by molar-refractivity contribution is -0.138. The number of aromatic hydroxyl groups is 1. The van der Waals surface area contributed by atoms with Crippen LogP contribution in [0.3, 0.4) is 0 Å². The number of amides is 2. The maximum Gasteiger partial charge on any atom is 0.416 e. The predicted molar refractivity (Wildman–Crippen MR) is 153 cm³/mol. The smallest absolute Gasteiger partial charge is 0.416 e. The van der Waals surface area contributed by atoms with Crippen molar-refractivity contribution in [3.8, 4) is 28.0 Å². The quantitative estimate of drug-likeness (QED) is 0.119. The van der Waals surface area contributed by atoms with Crippen molar-refractivity contribution in [2.75, 3.05) is 0 Å². The number of phenolic OH excluding ortho intramolecular Hbond substituents is 1. The first-order chi connectivity index (χ1) is 20.6. The van der Waals surface area contributed by atoms with E-state index in [9.17, 15) is 41.0 Å². The number of hydrogen-bond acceptors (Lipinski definition) is 3. The number of rotatable bonds is 7. The summed E-state index contributed by atoms with van der Waals surface area (Å²) in [5, 5.41) is 12.9. The standard InChI is InChI=1S/C32H25F6N3O3/c1-18(39)40-30(44)27(16-19-2-4-20(5-3-19)21-6-11-24(12-7-21)31(33,34)35)41-29(43)26-17-23(10-15-28(26)42)22-8-13-25(14-9-22)32(36,37)38/h2-15,17,27,42H,16H2,1H3,(H,41,43)(H2,39,40,44). The fourth-order valence-electron chi connectivity index (χ4n) is 4.36. The Kier molecular flexibility index (Phi) is 9.12. The fourth-order valence-corrected chi connectivity index (χ4v) is 4.36. The topological polar surface area (TPSA) is 105 Å². The number of carbonyl (C=O) groups is 2. The molecule has 6 nitrogen and oxygen atoms in total. The maximum atomic E-state index is 13.2. The van der Waals surface area contributed by atoms with E-state index in [1.807, 2.05) is 0 Å². The molecule has 0 fully saturated rings. The van der Waals surface area contributed by atoms with Crippen LogP contribution in [0.15, 0.2) is 96.0 Å². The summed E-state index contributed by atoms with van der Waals surface area (Å²) in [4.78, 5) is 29.8. The number of aliphatic imine (C=N–C) groups is 1. The van der Waals surface area contributed by atoms with Crippen LogP contribution in [0.5, 0.6) is 5.75 Å². The van der Waals surface area contributed by atoms with Gasteiger partial charge < -0.3 is 16.2 Å². The highest BCUT2D eigenvalue weighted by molar-refractivity contribution is 6.02. The molecule has 0 spiro atoms. The van der Waals surface area contributed by atoms with E-state index in [2.05, 4.69) is 10.3 Å². The Morgan fingerprint density at radius 3 is 1.64 bits per heavy atom. The van der Waals surface area contributed by atoms with Crippen LogP contribution < -0.4 is 11.1 Å². The van der Waals surface area contributed by atoms with E-state index in [0.29, 0.717) is 27.8 Å². The van der Waals surface area contributed by atoms with Crippen molar-refractivity contribution in [1.29, 1.82) is 0 Å². The molecule has 0 saturated heterocycles. The zero-order chi connectivity index (χ0) is 32.2. The molecular formula is C32H25F6N3O3. The van der Waals surface area contributed by atoms with Crippen molar-refractivity contribution in [2.24, 2.45) is 10.7 Å². The number of phenols is 1. The van der Waals surface area contributed by atoms with Crippen molar-refractivity contribution >= 4 is 17.6 Å². The molecule has 0 aliphatic carbocycles. The van der Waals surface area contributed by atoms with E-state index in [1.54, 1.807) is 24.3 Å². The van der Waals surface area contributed by atoms with Crippen molar-refractivity contribution in [3.63, 3.8) is 0 Å². The second kappa shape index (κ2) is 12.6. The summed E-state index contributed by atoms with van der Waals surface area (Å²) in [7, 11) is 0. The van der Waals surface area contributed by atoms with Gasteiger partial charge in [0.15, 0.2) is 0 Å². The summed E-state index contributed by atoms with van der Waals surface area (Å²) in [5.74, 6) is -2.10. The van der Waals surface area contributed by atoms with Gasteiger partial charge in [-0.2, -0.15) is 31.3 Å². The number of nitrogens with one attached hydrogen (secondary N) is 1. The van der Waals surface area contributed by atoms with Gasteiger partial charge in [-0.1, -0.05) is 54.6 Å². The molecule has 4 rings (SSSR count). The Bertz CT molecular complexity index is 1680. The normalized spacial score (nSPS) is 12.9. The number of halogens is 6. The molecule has 1 atom stereocenters. The highest BCUT2D eigenvalue weighted by atomic mass is 19.4. The van der Waals surface area contributed by atoms with Gasteiger partial charge in [-0.15, -0.1) is 0 Å². The van der Waals surface area contributed by atoms with Crippen molar-refractivity contribution in [3.05, 3.63) is 113 Å². The molecule has 44 heavy (non-hydrogen) atoms. The van der Waals surface area contributed by atoms with Crippen molar-refractivity contribution in [1.82, 2.24) is 5.32 Å². The van der Waals surface area contributed by atoms with E-state index in [-0.39, 0.29) is 17.8 Å². The molecule has 0 aromatic heterocycles. The van der Waals surface area contributed by atoms with E-state index in [4.69, 9.17) is 5.73 Å². The predicted octanol–water partition coefficient (Wildman–Crippen LogP) is 7.01. The zero-order valence-corrected chi connectivity index (χ0v) is 23.0. The third kappa shape index (κ3) is 7.82. The highest BCUT2D eigenvalue weighted by Gasteiger charge is 2.31. The van der Waals surface area contributed by atoms with Crippen LogP contribution in [0, 0.1) is 0 Å². The van der Waals surface area contributed by atoms with Gasteiger partial charge in [-0.05, 0) is 71.1 Å². The maximum absolute atomic E-state index is 13.2. The van der Waals surface area contributed by atoms with Gasteiger partial charge in [0.1, 0.15) is 11.8 Å². The third-order valence-electron chi connectivity index (χ3n) is 6.62. The molecular weight excluding hydrogens is 588 g/mol. The fraction of sp³-hybridized carbons (Fsp3) is 0.156. The molecule has 1 unspecified atom stereocenters. The minimum atomic E-state index is -4.52. The van der Waals surface area contributed by atoms with Gasteiger partial charge in [0, 0.05) is 6.42 Å². The lowest BCUT2D eigenvalue weighted by atomic mass is 9.98. The minimum Gasteiger partial charge on any atom is -0.507 e. The third-order valence-corrected chi connectivity index (χ3v) is 6.62. The largest absolute Gasteiger partial charge is 0.507 e. The number of carbonyl (C=O) groups excluding carboxylic acids is 2. The molecule has 4 aromatic rings. The first-order valence-electron chi connectivity index (χ1n) is 13.0. The highest BCUT2D eigenvalue weighted by Crippen LogP contribution is 2.33. The molecule has 4 N–H and O–H groups in total. The van der Waals surface area contributed by atoms with Crippen LogP contribution in [0.25, 0.3) is 22.3 Å². The van der Waals surface area contributed by atoms with Gasteiger partial charge in [0.2, 0.25) is 0 Å². The second-order valence-electron chi connectivity index (χ2n) is 9.90. The average molecular weight is 614 g/mol. The van der Waals surface area contributed by atoms with E-state index >= 15 is 0 Å². The Balaban J connectivity index is 1.55. The first kappa shape index (κ1) is 31.8. The summed E-state index contributed by atoms with van der Waals surface area (Å²) >= 11 is 0. The monoisotopic (exact) mass is 613 g/mol.